The van der Waals surface area contributed by atoms with E-state index in [1.807, 2.05) is 19.2 Å². The van der Waals surface area contributed by atoms with E-state index in [1.54, 1.807) is 6.07 Å². The summed E-state index contributed by atoms with van der Waals surface area (Å²) in [5.74, 6) is 0.370. The average Bonchev–Trinajstić information content (AvgIpc) is 2.65. The summed E-state index contributed by atoms with van der Waals surface area (Å²) in [7, 11) is 1.95. The zero-order valence-electron chi connectivity index (χ0n) is 9.83. The van der Waals surface area contributed by atoms with Crippen LogP contribution in [0, 0.1) is 0 Å². The third-order valence-corrected chi connectivity index (χ3v) is 2.93. The Bertz CT molecular complexity index is 488. The number of phenolic OH excluding ortho intramolecular Hbond substituents is 1. The van der Waals surface area contributed by atoms with Gasteiger partial charge in [0.25, 0.3) is 0 Å². The second kappa shape index (κ2) is 4.58. The Hall–Kier alpha value is -1.48. The number of aryl methyl sites for hydroxylation is 1. The molecule has 0 bridgehead atoms. The second-order valence-corrected chi connectivity index (χ2v) is 3.95. The lowest BCUT2D eigenvalue weighted by Crippen LogP contribution is -2.13. The number of aromatic nitrogens is 1. The van der Waals surface area contributed by atoms with Gasteiger partial charge >= 0.3 is 0 Å². The molecule has 3 nitrogen and oxygen atoms in total. The van der Waals surface area contributed by atoms with Crippen molar-refractivity contribution in [2.75, 3.05) is 13.6 Å². The van der Waals surface area contributed by atoms with Gasteiger partial charge in [0, 0.05) is 30.6 Å². The molecular weight excluding hydrogens is 200 g/mol. The van der Waals surface area contributed by atoms with Gasteiger partial charge in [-0.1, -0.05) is 12.1 Å². The van der Waals surface area contributed by atoms with E-state index in [1.165, 1.54) is 5.69 Å². The molecule has 16 heavy (non-hydrogen) atoms. The van der Waals surface area contributed by atoms with Crippen molar-refractivity contribution in [1.82, 2.24) is 9.88 Å². The Balaban J connectivity index is 2.53. The summed E-state index contributed by atoms with van der Waals surface area (Å²) in [6, 6.07) is 7.84. The van der Waals surface area contributed by atoms with Crippen LogP contribution in [0.1, 0.15) is 12.6 Å². The van der Waals surface area contributed by atoms with Gasteiger partial charge in [0.15, 0.2) is 0 Å². The highest BCUT2D eigenvalue weighted by Crippen LogP contribution is 2.28. The molecule has 0 aliphatic rings. The summed E-state index contributed by atoms with van der Waals surface area (Å²) in [5, 5.41) is 14.2. The lowest BCUT2D eigenvalue weighted by Gasteiger charge is -2.08. The number of phenols is 1. The molecule has 1 aromatic carbocycles. The third-order valence-electron chi connectivity index (χ3n) is 2.93. The van der Waals surface area contributed by atoms with Crippen molar-refractivity contribution in [2.45, 2.75) is 19.9 Å². The first-order valence-electron chi connectivity index (χ1n) is 5.72. The Kier molecular flexibility index (Phi) is 3.15. The van der Waals surface area contributed by atoms with E-state index in [4.69, 9.17) is 0 Å². The number of benzene rings is 1. The molecule has 0 atom stereocenters. The van der Waals surface area contributed by atoms with Crippen LogP contribution < -0.4 is 5.32 Å². The first kappa shape index (κ1) is 11.0. The number of nitrogens with one attached hydrogen (secondary N) is 1. The average molecular weight is 218 g/mol. The first-order valence-corrected chi connectivity index (χ1v) is 5.72. The van der Waals surface area contributed by atoms with Gasteiger partial charge in [-0.2, -0.15) is 0 Å². The zero-order valence-corrected chi connectivity index (χ0v) is 9.83. The topological polar surface area (TPSA) is 37.2 Å². The SMILES string of the molecule is CCn1c(CCNC)cc2cccc(O)c21. The van der Waals surface area contributed by atoms with Crippen molar-refractivity contribution in [3.8, 4) is 5.75 Å². The summed E-state index contributed by atoms with van der Waals surface area (Å²) < 4.78 is 2.18. The largest absolute Gasteiger partial charge is 0.506 e. The second-order valence-electron chi connectivity index (χ2n) is 3.95. The molecule has 0 saturated carbocycles. The van der Waals surface area contributed by atoms with Crippen molar-refractivity contribution in [3.63, 3.8) is 0 Å². The first-order chi connectivity index (χ1) is 7.77. The fraction of sp³-hybridized carbons (Fsp3) is 0.385. The minimum Gasteiger partial charge on any atom is -0.506 e. The van der Waals surface area contributed by atoms with Crippen LogP contribution in [0.3, 0.4) is 0 Å². The molecule has 2 rings (SSSR count). The smallest absolute Gasteiger partial charge is 0.139 e. The van der Waals surface area contributed by atoms with Crippen LogP contribution in [0.25, 0.3) is 10.9 Å². The van der Waals surface area contributed by atoms with Crippen LogP contribution in [0.5, 0.6) is 5.75 Å². The lowest BCUT2D eigenvalue weighted by atomic mass is 10.2. The molecule has 1 aromatic heterocycles. The number of nitrogens with zero attached hydrogens (tertiary/aromatic N) is 1. The molecule has 0 saturated heterocycles. The quantitative estimate of drug-likeness (QED) is 0.825. The van der Waals surface area contributed by atoms with E-state index < -0.39 is 0 Å². The van der Waals surface area contributed by atoms with E-state index in [9.17, 15) is 5.11 Å². The molecule has 2 aromatic rings. The monoisotopic (exact) mass is 218 g/mol. The molecular formula is C13H18N2O. The fourth-order valence-electron chi connectivity index (χ4n) is 2.18. The number of hydrogen-bond acceptors (Lipinski definition) is 2. The van der Waals surface area contributed by atoms with Gasteiger partial charge in [0.2, 0.25) is 0 Å². The molecule has 3 heteroatoms. The molecule has 0 fully saturated rings. The zero-order chi connectivity index (χ0) is 11.5. The number of likely N-dealkylation sites (N-methyl/N-ethyl adjacent to an activating group) is 1. The summed E-state index contributed by atoms with van der Waals surface area (Å²) in [5.41, 5.74) is 2.23. The van der Waals surface area contributed by atoms with Gasteiger partial charge in [0.05, 0.1) is 5.52 Å². The van der Waals surface area contributed by atoms with Crippen LogP contribution in [0.15, 0.2) is 24.3 Å². The Morgan fingerprint density at radius 2 is 2.19 bits per heavy atom. The van der Waals surface area contributed by atoms with Crippen molar-refractivity contribution in [1.29, 1.82) is 0 Å². The van der Waals surface area contributed by atoms with E-state index in [-0.39, 0.29) is 0 Å². The van der Waals surface area contributed by atoms with E-state index in [0.29, 0.717) is 5.75 Å². The van der Waals surface area contributed by atoms with Crippen LogP contribution in [0.4, 0.5) is 0 Å². The van der Waals surface area contributed by atoms with Gasteiger partial charge in [0.1, 0.15) is 5.75 Å². The van der Waals surface area contributed by atoms with Crippen molar-refractivity contribution in [3.05, 3.63) is 30.0 Å². The van der Waals surface area contributed by atoms with Crippen LogP contribution in [0.2, 0.25) is 0 Å². The van der Waals surface area contributed by atoms with E-state index in [0.717, 1.165) is 30.4 Å². The molecule has 0 unspecified atom stereocenters. The molecule has 0 aliphatic carbocycles. The maximum atomic E-state index is 9.89. The Labute approximate surface area is 95.7 Å². The number of para-hydroxylation sites is 1. The van der Waals surface area contributed by atoms with Crippen LogP contribution in [-0.2, 0) is 13.0 Å². The predicted molar refractivity (Wildman–Crippen MR) is 66.9 cm³/mol. The lowest BCUT2D eigenvalue weighted by molar-refractivity contribution is 0.477. The molecule has 2 N–H and O–H groups in total. The third kappa shape index (κ3) is 1.78. The molecule has 0 aliphatic heterocycles. The van der Waals surface area contributed by atoms with E-state index in [2.05, 4.69) is 22.9 Å². The van der Waals surface area contributed by atoms with Crippen molar-refractivity contribution < 1.29 is 5.11 Å². The minimum absolute atomic E-state index is 0.370. The summed E-state index contributed by atoms with van der Waals surface area (Å²) in [6.45, 7) is 3.95. The van der Waals surface area contributed by atoms with Crippen molar-refractivity contribution in [2.24, 2.45) is 0 Å². The molecule has 1 heterocycles. The number of rotatable bonds is 4. The summed E-state index contributed by atoms with van der Waals surface area (Å²) in [6.07, 6.45) is 0.985. The molecule has 0 amide bonds. The normalized spacial score (nSPS) is 11.1. The molecule has 86 valence electrons. The summed E-state index contributed by atoms with van der Waals surface area (Å²) in [4.78, 5) is 0. The Morgan fingerprint density at radius 3 is 2.88 bits per heavy atom. The standard InChI is InChI=1S/C13H18N2O/c1-3-15-11(7-8-14-2)9-10-5-4-6-12(16)13(10)15/h4-6,9,14,16H,3,7-8H2,1-2H3. The number of aromatic hydroxyl groups is 1. The van der Waals surface area contributed by atoms with Gasteiger partial charge in [-0.3, -0.25) is 0 Å². The minimum atomic E-state index is 0.370. The highest BCUT2D eigenvalue weighted by molar-refractivity contribution is 5.86. The Morgan fingerprint density at radius 1 is 1.38 bits per heavy atom. The molecule has 0 radical (unpaired) electrons. The fourth-order valence-corrected chi connectivity index (χ4v) is 2.18. The van der Waals surface area contributed by atoms with Crippen LogP contribution >= 0.6 is 0 Å². The maximum absolute atomic E-state index is 9.89. The molecule has 0 spiro atoms. The van der Waals surface area contributed by atoms with E-state index >= 15 is 0 Å². The maximum Gasteiger partial charge on any atom is 0.139 e. The van der Waals surface area contributed by atoms with Gasteiger partial charge in [-0.15, -0.1) is 0 Å². The predicted octanol–water partition coefficient (Wildman–Crippen LogP) is 2.13. The van der Waals surface area contributed by atoms with Gasteiger partial charge < -0.3 is 15.0 Å². The van der Waals surface area contributed by atoms with Crippen molar-refractivity contribution >= 4 is 10.9 Å². The number of hydrogen-bond donors (Lipinski definition) is 2. The summed E-state index contributed by atoms with van der Waals surface area (Å²) >= 11 is 0. The van der Waals surface area contributed by atoms with Gasteiger partial charge in [-0.05, 0) is 26.1 Å². The van der Waals surface area contributed by atoms with Crippen LogP contribution in [-0.4, -0.2) is 23.3 Å². The van der Waals surface area contributed by atoms with Gasteiger partial charge in [-0.25, -0.2) is 0 Å². The highest BCUT2D eigenvalue weighted by Gasteiger charge is 2.09. The number of fused-ring (bicyclic) bond motifs is 1. The highest BCUT2D eigenvalue weighted by atomic mass is 16.3.